The van der Waals surface area contributed by atoms with Crippen LogP contribution < -0.4 is 5.32 Å². The van der Waals surface area contributed by atoms with E-state index in [4.69, 9.17) is 0 Å². The number of amides is 2. The van der Waals surface area contributed by atoms with Crippen molar-refractivity contribution in [2.75, 3.05) is 18.4 Å². The first-order chi connectivity index (χ1) is 12.0. The van der Waals surface area contributed by atoms with Crippen LogP contribution in [-0.4, -0.2) is 40.0 Å². The third-order valence-corrected chi connectivity index (χ3v) is 6.46. The van der Waals surface area contributed by atoms with Gasteiger partial charge in [0.05, 0.1) is 5.92 Å². The highest BCUT2D eigenvalue weighted by atomic mass is 32.1. The lowest BCUT2D eigenvalue weighted by atomic mass is 10.0. The summed E-state index contributed by atoms with van der Waals surface area (Å²) in [5.41, 5.74) is 0. The van der Waals surface area contributed by atoms with E-state index in [0.29, 0.717) is 30.6 Å². The van der Waals surface area contributed by atoms with Crippen LogP contribution in [0.5, 0.6) is 0 Å². The Balaban J connectivity index is 1.44. The number of likely N-dealkylation sites (tertiary alicyclic amines) is 1. The van der Waals surface area contributed by atoms with Crippen LogP contribution in [0.15, 0.2) is 0 Å². The Morgan fingerprint density at radius 2 is 2.00 bits per heavy atom. The third-order valence-electron chi connectivity index (χ3n) is 5.32. The van der Waals surface area contributed by atoms with Gasteiger partial charge in [-0.15, -0.1) is 10.2 Å². The van der Waals surface area contributed by atoms with Gasteiger partial charge in [0.25, 0.3) is 0 Å². The number of rotatable bonds is 6. The molecule has 2 amide bonds. The minimum Gasteiger partial charge on any atom is -0.342 e. The van der Waals surface area contributed by atoms with E-state index < -0.39 is 0 Å². The maximum absolute atomic E-state index is 12.4. The standard InChI is InChI=1S/C18H28N4O2S/c1-12(2)17-20-21-18(25-17)19-16(24)14-9-10-22(11-14)15(23)8-7-13-5-3-4-6-13/h12-14H,3-11H2,1-2H3,(H,19,21,24)/t14-/m1/s1. The number of carbonyl (C=O) groups excluding carboxylic acids is 2. The number of nitrogens with zero attached hydrogens (tertiary/aromatic N) is 3. The number of hydrogen-bond donors (Lipinski definition) is 1. The van der Waals surface area contributed by atoms with Gasteiger partial charge in [-0.2, -0.15) is 0 Å². The second kappa shape index (κ2) is 8.25. The highest BCUT2D eigenvalue weighted by Crippen LogP contribution is 2.29. The van der Waals surface area contributed by atoms with Crippen molar-refractivity contribution in [1.29, 1.82) is 0 Å². The minimum absolute atomic E-state index is 0.0439. The van der Waals surface area contributed by atoms with Crippen LogP contribution in [0.25, 0.3) is 0 Å². The van der Waals surface area contributed by atoms with E-state index in [1.165, 1.54) is 37.0 Å². The fourth-order valence-corrected chi connectivity index (χ4v) is 4.46. The van der Waals surface area contributed by atoms with Gasteiger partial charge >= 0.3 is 0 Å². The zero-order chi connectivity index (χ0) is 17.8. The molecule has 0 bridgehead atoms. The molecule has 1 aliphatic carbocycles. The normalized spacial score (nSPS) is 21.2. The Morgan fingerprint density at radius 3 is 2.68 bits per heavy atom. The van der Waals surface area contributed by atoms with Gasteiger partial charge in [-0.1, -0.05) is 50.9 Å². The lowest BCUT2D eigenvalue weighted by Gasteiger charge is -2.17. The van der Waals surface area contributed by atoms with Crippen molar-refractivity contribution in [3.05, 3.63) is 5.01 Å². The zero-order valence-electron chi connectivity index (χ0n) is 15.2. The largest absolute Gasteiger partial charge is 0.342 e. The number of hydrogen-bond acceptors (Lipinski definition) is 5. The lowest BCUT2D eigenvalue weighted by molar-refractivity contribution is -0.130. The van der Waals surface area contributed by atoms with Crippen molar-refractivity contribution in [3.8, 4) is 0 Å². The van der Waals surface area contributed by atoms with E-state index in [1.54, 1.807) is 0 Å². The molecule has 1 saturated heterocycles. The third kappa shape index (κ3) is 4.77. The lowest BCUT2D eigenvalue weighted by Crippen LogP contribution is -2.31. The number of carbonyl (C=O) groups is 2. The fraction of sp³-hybridized carbons (Fsp3) is 0.778. The van der Waals surface area contributed by atoms with E-state index >= 15 is 0 Å². The first-order valence-corrected chi connectivity index (χ1v) is 10.3. The molecule has 3 rings (SSSR count). The first kappa shape index (κ1) is 18.3. The van der Waals surface area contributed by atoms with Crippen molar-refractivity contribution in [2.45, 2.75) is 64.7 Å². The van der Waals surface area contributed by atoms with Crippen LogP contribution in [0, 0.1) is 11.8 Å². The van der Waals surface area contributed by atoms with Gasteiger partial charge in [0, 0.05) is 25.4 Å². The Morgan fingerprint density at radius 1 is 1.24 bits per heavy atom. The van der Waals surface area contributed by atoms with Gasteiger partial charge in [0.2, 0.25) is 16.9 Å². The highest BCUT2D eigenvalue weighted by Gasteiger charge is 2.31. The molecule has 1 aromatic rings. The number of nitrogens with one attached hydrogen (secondary N) is 1. The van der Waals surface area contributed by atoms with Crippen LogP contribution >= 0.6 is 11.3 Å². The summed E-state index contributed by atoms with van der Waals surface area (Å²) in [5.74, 6) is 1.07. The Bertz CT molecular complexity index is 610. The van der Waals surface area contributed by atoms with Crippen LogP contribution in [0.4, 0.5) is 5.13 Å². The predicted octanol–water partition coefficient (Wildman–Crippen LogP) is 3.42. The van der Waals surface area contributed by atoms with Gasteiger partial charge in [-0.25, -0.2) is 0 Å². The molecule has 0 spiro atoms. The van der Waals surface area contributed by atoms with Gasteiger partial charge in [0.1, 0.15) is 5.01 Å². The summed E-state index contributed by atoms with van der Waals surface area (Å²) >= 11 is 1.42. The second-order valence-corrected chi connectivity index (χ2v) is 8.61. The maximum atomic E-state index is 12.4. The topological polar surface area (TPSA) is 75.2 Å². The summed E-state index contributed by atoms with van der Waals surface area (Å²) < 4.78 is 0. The smallest absolute Gasteiger partial charge is 0.231 e. The van der Waals surface area contributed by atoms with Crippen LogP contribution in [-0.2, 0) is 9.59 Å². The summed E-state index contributed by atoms with van der Waals surface area (Å²) in [6.45, 7) is 5.33. The van der Waals surface area contributed by atoms with E-state index in [9.17, 15) is 9.59 Å². The Labute approximate surface area is 153 Å². The molecule has 1 N–H and O–H groups in total. The van der Waals surface area contributed by atoms with Crippen molar-refractivity contribution in [1.82, 2.24) is 15.1 Å². The van der Waals surface area contributed by atoms with Crippen LogP contribution in [0.3, 0.4) is 0 Å². The fourth-order valence-electron chi connectivity index (χ4n) is 3.71. The summed E-state index contributed by atoms with van der Waals surface area (Å²) in [6.07, 6.45) is 7.56. The Hall–Kier alpha value is -1.50. The first-order valence-electron chi connectivity index (χ1n) is 9.45. The van der Waals surface area contributed by atoms with Crippen LogP contribution in [0.1, 0.15) is 69.7 Å². The molecule has 7 heteroatoms. The van der Waals surface area contributed by atoms with E-state index in [-0.39, 0.29) is 17.7 Å². The summed E-state index contributed by atoms with van der Waals surface area (Å²) in [7, 11) is 0. The molecule has 1 saturated carbocycles. The monoisotopic (exact) mass is 364 g/mol. The summed E-state index contributed by atoms with van der Waals surface area (Å²) in [4.78, 5) is 26.7. The molecule has 25 heavy (non-hydrogen) atoms. The molecule has 1 aromatic heterocycles. The van der Waals surface area contributed by atoms with Crippen LogP contribution in [0.2, 0.25) is 0 Å². The minimum atomic E-state index is -0.137. The Kier molecular flexibility index (Phi) is 6.04. The van der Waals surface area contributed by atoms with Gasteiger partial charge in [-0.3, -0.25) is 9.59 Å². The molecule has 1 aliphatic heterocycles. The van der Waals surface area contributed by atoms with Crippen molar-refractivity contribution < 1.29 is 9.59 Å². The molecule has 1 atom stereocenters. The average Bonchev–Trinajstić information content (AvgIpc) is 3.32. The molecule has 2 fully saturated rings. The zero-order valence-corrected chi connectivity index (χ0v) is 16.0. The molecule has 2 heterocycles. The van der Waals surface area contributed by atoms with E-state index in [1.807, 2.05) is 4.90 Å². The van der Waals surface area contributed by atoms with Crippen molar-refractivity contribution in [2.24, 2.45) is 11.8 Å². The second-order valence-electron chi connectivity index (χ2n) is 7.60. The van der Waals surface area contributed by atoms with Crippen molar-refractivity contribution >= 4 is 28.3 Å². The predicted molar refractivity (Wildman–Crippen MR) is 98.5 cm³/mol. The maximum Gasteiger partial charge on any atom is 0.231 e. The molecular formula is C18H28N4O2S. The molecule has 6 nitrogen and oxygen atoms in total. The molecular weight excluding hydrogens is 336 g/mol. The SMILES string of the molecule is CC(C)c1nnc(NC(=O)[C@@H]2CCN(C(=O)CCC3CCCC3)C2)s1. The summed E-state index contributed by atoms with van der Waals surface area (Å²) in [5, 5.41) is 12.5. The molecule has 138 valence electrons. The number of anilines is 1. The van der Waals surface area contributed by atoms with Gasteiger partial charge in [-0.05, 0) is 18.8 Å². The molecule has 0 aromatic carbocycles. The van der Waals surface area contributed by atoms with Crippen molar-refractivity contribution in [3.63, 3.8) is 0 Å². The van der Waals surface area contributed by atoms with Gasteiger partial charge < -0.3 is 10.2 Å². The summed E-state index contributed by atoms with van der Waals surface area (Å²) in [6, 6.07) is 0. The van der Waals surface area contributed by atoms with Gasteiger partial charge in [0.15, 0.2) is 0 Å². The molecule has 2 aliphatic rings. The average molecular weight is 365 g/mol. The molecule has 0 radical (unpaired) electrons. The van der Waals surface area contributed by atoms with E-state index in [2.05, 4.69) is 29.4 Å². The number of aromatic nitrogens is 2. The quantitative estimate of drug-likeness (QED) is 0.839. The highest BCUT2D eigenvalue weighted by molar-refractivity contribution is 7.15. The van der Waals surface area contributed by atoms with E-state index in [0.717, 1.165) is 23.8 Å². The molecule has 0 unspecified atom stereocenters.